The number of hydrogen-bond donors (Lipinski definition) is 2. The van der Waals surface area contributed by atoms with Gasteiger partial charge in [-0.3, -0.25) is 9.80 Å². The molecule has 1 aromatic carbocycles. The van der Waals surface area contributed by atoms with E-state index in [0.717, 1.165) is 24.1 Å². The highest BCUT2D eigenvalue weighted by Crippen LogP contribution is 2.27. The van der Waals surface area contributed by atoms with E-state index >= 15 is 0 Å². The Morgan fingerprint density at radius 3 is 2.78 bits per heavy atom. The maximum Gasteiger partial charge on any atom is 0.251 e. The summed E-state index contributed by atoms with van der Waals surface area (Å²) >= 11 is 0. The molecule has 1 saturated carbocycles. The number of ether oxygens (including phenoxy) is 1. The minimum atomic E-state index is -0.739. The number of amides is 1. The van der Waals surface area contributed by atoms with Gasteiger partial charge in [-0.15, -0.1) is 0 Å². The van der Waals surface area contributed by atoms with Gasteiger partial charge in [-0.25, -0.2) is 0 Å². The Labute approximate surface area is 160 Å². The van der Waals surface area contributed by atoms with Crippen LogP contribution in [0.4, 0.5) is 0 Å². The molecule has 1 aliphatic heterocycles. The summed E-state index contributed by atoms with van der Waals surface area (Å²) in [6.45, 7) is 5.35. The van der Waals surface area contributed by atoms with E-state index in [1.54, 1.807) is 12.1 Å². The maximum atomic E-state index is 12.6. The van der Waals surface area contributed by atoms with Gasteiger partial charge in [-0.1, -0.05) is 26.0 Å². The quantitative estimate of drug-likeness (QED) is 0.806. The Hall–Kier alpha value is -2.18. The summed E-state index contributed by atoms with van der Waals surface area (Å²) in [5.74, 6) is 0.403. The Kier molecular flexibility index (Phi) is 6.29. The number of aliphatic hydroxyl groups excluding tert-OH is 1. The summed E-state index contributed by atoms with van der Waals surface area (Å²) in [6, 6.07) is 7.86. The van der Waals surface area contributed by atoms with Crippen LogP contribution in [0.2, 0.25) is 0 Å². The normalized spacial score (nSPS) is 22.2. The molecule has 0 bridgehead atoms. The highest BCUT2D eigenvalue weighted by molar-refractivity contribution is 6.02. The largest absolute Gasteiger partial charge is 0.383 e. The van der Waals surface area contributed by atoms with Crippen molar-refractivity contribution >= 4 is 11.6 Å². The summed E-state index contributed by atoms with van der Waals surface area (Å²) in [5.41, 5.74) is 3.94. The number of methoxy groups -OCH3 is 1. The lowest BCUT2D eigenvalue weighted by atomic mass is 9.87. The first-order valence-electron chi connectivity index (χ1n) is 9.61. The number of carbonyl (C=O) groups excluding carboxylic acids is 1. The SMILES string of the molecule is COCCN1N=C2CCC(NC(=O)c3ccc(C(C)C)cc3)CC2=CC1O. The summed E-state index contributed by atoms with van der Waals surface area (Å²) in [7, 11) is 1.63. The van der Waals surface area contributed by atoms with Crippen LogP contribution in [0, 0.1) is 0 Å². The monoisotopic (exact) mass is 371 g/mol. The fourth-order valence-corrected chi connectivity index (χ4v) is 3.49. The summed E-state index contributed by atoms with van der Waals surface area (Å²) in [6.07, 6.45) is 3.44. The van der Waals surface area contributed by atoms with Crippen LogP contribution in [0.25, 0.3) is 0 Å². The zero-order chi connectivity index (χ0) is 19.4. The molecule has 1 heterocycles. The lowest BCUT2D eigenvalue weighted by molar-refractivity contribution is 0.0219. The maximum absolute atomic E-state index is 12.6. The van der Waals surface area contributed by atoms with Crippen molar-refractivity contribution in [3.05, 3.63) is 47.0 Å². The van der Waals surface area contributed by atoms with Gasteiger partial charge in [-0.05, 0) is 54.5 Å². The third-order valence-electron chi connectivity index (χ3n) is 5.17. The molecule has 0 spiro atoms. The van der Waals surface area contributed by atoms with E-state index in [1.807, 2.05) is 30.3 Å². The predicted molar refractivity (Wildman–Crippen MR) is 106 cm³/mol. The number of carbonyl (C=O) groups is 1. The summed E-state index contributed by atoms with van der Waals surface area (Å²) in [4.78, 5) is 12.6. The second kappa shape index (κ2) is 8.67. The minimum Gasteiger partial charge on any atom is -0.383 e. The van der Waals surface area contributed by atoms with Gasteiger partial charge in [0.25, 0.3) is 5.91 Å². The highest BCUT2D eigenvalue weighted by Gasteiger charge is 2.29. The van der Waals surface area contributed by atoms with Crippen molar-refractivity contribution in [1.29, 1.82) is 0 Å². The molecular formula is C21H29N3O3. The van der Waals surface area contributed by atoms with Crippen LogP contribution in [0.15, 0.2) is 41.0 Å². The van der Waals surface area contributed by atoms with Crippen molar-refractivity contribution in [1.82, 2.24) is 10.3 Å². The summed E-state index contributed by atoms with van der Waals surface area (Å²) < 4.78 is 5.06. The molecule has 0 saturated heterocycles. The Morgan fingerprint density at radius 1 is 1.37 bits per heavy atom. The Balaban J connectivity index is 1.59. The highest BCUT2D eigenvalue weighted by atomic mass is 16.5. The fourth-order valence-electron chi connectivity index (χ4n) is 3.49. The zero-order valence-corrected chi connectivity index (χ0v) is 16.3. The average Bonchev–Trinajstić information content (AvgIpc) is 2.66. The molecule has 2 atom stereocenters. The van der Waals surface area contributed by atoms with Crippen LogP contribution in [-0.4, -0.2) is 54.3 Å². The van der Waals surface area contributed by atoms with Gasteiger partial charge in [0.1, 0.15) is 0 Å². The molecule has 2 aliphatic rings. The molecule has 1 aromatic rings. The van der Waals surface area contributed by atoms with Gasteiger partial charge in [0, 0.05) is 18.7 Å². The lowest BCUT2D eigenvalue weighted by Crippen LogP contribution is -2.42. The first-order valence-corrected chi connectivity index (χ1v) is 9.61. The van der Waals surface area contributed by atoms with E-state index in [-0.39, 0.29) is 11.9 Å². The molecule has 3 rings (SSSR count). The molecule has 6 heteroatoms. The van der Waals surface area contributed by atoms with Gasteiger partial charge in [-0.2, -0.15) is 5.10 Å². The topological polar surface area (TPSA) is 74.2 Å². The third kappa shape index (κ3) is 4.76. The molecule has 146 valence electrons. The van der Waals surface area contributed by atoms with Crippen molar-refractivity contribution < 1.29 is 14.6 Å². The molecule has 1 aliphatic carbocycles. The molecule has 0 aromatic heterocycles. The van der Waals surface area contributed by atoms with Crippen LogP contribution >= 0.6 is 0 Å². The second-order valence-corrected chi connectivity index (χ2v) is 7.50. The smallest absolute Gasteiger partial charge is 0.251 e. The fraction of sp³-hybridized carbons (Fsp3) is 0.524. The van der Waals surface area contributed by atoms with Crippen LogP contribution < -0.4 is 5.32 Å². The van der Waals surface area contributed by atoms with E-state index in [2.05, 4.69) is 24.3 Å². The van der Waals surface area contributed by atoms with E-state index < -0.39 is 6.23 Å². The molecule has 0 radical (unpaired) electrons. The predicted octanol–water partition coefficient (Wildman–Crippen LogP) is 2.66. The number of nitrogens with zero attached hydrogens (tertiary/aromatic N) is 2. The minimum absolute atomic E-state index is 0.0469. The van der Waals surface area contributed by atoms with Crippen molar-refractivity contribution in [3.8, 4) is 0 Å². The molecule has 1 fully saturated rings. The number of hydrogen-bond acceptors (Lipinski definition) is 5. The second-order valence-electron chi connectivity index (χ2n) is 7.50. The van der Waals surface area contributed by atoms with Crippen LogP contribution in [0.1, 0.15) is 54.9 Å². The Morgan fingerprint density at radius 2 is 2.11 bits per heavy atom. The van der Waals surface area contributed by atoms with Gasteiger partial charge in [0.2, 0.25) is 0 Å². The molecule has 2 N–H and O–H groups in total. The third-order valence-corrected chi connectivity index (χ3v) is 5.17. The van der Waals surface area contributed by atoms with Gasteiger partial charge < -0.3 is 15.2 Å². The molecule has 2 unspecified atom stereocenters. The Bertz CT molecular complexity index is 725. The van der Waals surface area contributed by atoms with E-state index in [1.165, 1.54) is 5.56 Å². The first-order chi connectivity index (χ1) is 13.0. The van der Waals surface area contributed by atoms with E-state index in [0.29, 0.717) is 31.1 Å². The van der Waals surface area contributed by atoms with Crippen molar-refractivity contribution in [2.24, 2.45) is 5.10 Å². The van der Waals surface area contributed by atoms with E-state index in [9.17, 15) is 9.90 Å². The molecule has 6 nitrogen and oxygen atoms in total. The lowest BCUT2D eigenvalue weighted by Gasteiger charge is -2.34. The number of aliphatic hydroxyl groups is 1. The first kappa shape index (κ1) is 19.6. The molecule has 1 amide bonds. The molecular weight excluding hydrogens is 342 g/mol. The number of rotatable bonds is 6. The van der Waals surface area contributed by atoms with Crippen LogP contribution in [-0.2, 0) is 4.74 Å². The van der Waals surface area contributed by atoms with E-state index in [4.69, 9.17) is 4.74 Å². The van der Waals surface area contributed by atoms with Crippen LogP contribution in [0.3, 0.4) is 0 Å². The van der Waals surface area contributed by atoms with Gasteiger partial charge >= 0.3 is 0 Å². The van der Waals surface area contributed by atoms with Crippen molar-refractivity contribution in [2.75, 3.05) is 20.3 Å². The van der Waals surface area contributed by atoms with Crippen LogP contribution in [0.5, 0.6) is 0 Å². The number of benzene rings is 1. The average molecular weight is 371 g/mol. The standard InChI is InChI=1S/C21H29N3O3/c1-14(2)15-4-6-16(7-5-15)21(26)22-18-8-9-19-17(12-18)13-20(25)24(23-19)10-11-27-3/h4-7,13-14,18,20,25H,8-12H2,1-3H3,(H,22,26). The van der Waals surface area contributed by atoms with Gasteiger partial charge in [0.05, 0.1) is 18.9 Å². The van der Waals surface area contributed by atoms with Crippen molar-refractivity contribution in [3.63, 3.8) is 0 Å². The molecule has 27 heavy (non-hydrogen) atoms. The zero-order valence-electron chi connectivity index (χ0n) is 16.3. The van der Waals surface area contributed by atoms with Gasteiger partial charge in [0.15, 0.2) is 6.23 Å². The van der Waals surface area contributed by atoms with Crippen molar-refractivity contribution in [2.45, 2.75) is 51.3 Å². The summed E-state index contributed by atoms with van der Waals surface area (Å²) in [5, 5.41) is 19.6. The number of nitrogens with one attached hydrogen (secondary N) is 1. The number of hydrazone groups is 1. The number of fused-ring (bicyclic) bond motifs is 1.